The second-order valence-electron chi connectivity index (χ2n) is 6.65. The van der Waals surface area contributed by atoms with Crippen LogP contribution < -0.4 is 0 Å². The van der Waals surface area contributed by atoms with Gasteiger partial charge < -0.3 is 9.30 Å². The lowest BCUT2D eigenvalue weighted by Gasteiger charge is -2.13. The van der Waals surface area contributed by atoms with Gasteiger partial charge in [0.05, 0.1) is 17.7 Å². The van der Waals surface area contributed by atoms with Gasteiger partial charge in [-0.25, -0.2) is 9.18 Å². The first-order valence-electron chi connectivity index (χ1n) is 8.98. The molecule has 0 fully saturated rings. The lowest BCUT2D eigenvalue weighted by molar-refractivity contribution is 0.0528. The Morgan fingerprint density at radius 2 is 1.78 bits per heavy atom. The van der Waals surface area contributed by atoms with E-state index >= 15 is 0 Å². The molecule has 4 heteroatoms. The predicted molar refractivity (Wildman–Crippen MR) is 106 cm³/mol. The van der Waals surface area contributed by atoms with Crippen LogP contribution in [0.4, 0.5) is 4.39 Å². The summed E-state index contributed by atoms with van der Waals surface area (Å²) in [6.07, 6.45) is 0. The molecule has 0 atom stereocenters. The second-order valence-corrected chi connectivity index (χ2v) is 6.65. The van der Waals surface area contributed by atoms with Crippen LogP contribution in [0.25, 0.3) is 27.4 Å². The Labute approximate surface area is 157 Å². The number of nitrogens with zero attached hydrogens (tertiary/aromatic N) is 1. The summed E-state index contributed by atoms with van der Waals surface area (Å²) in [5.41, 5.74) is 3.78. The highest BCUT2D eigenvalue weighted by Crippen LogP contribution is 2.33. The summed E-state index contributed by atoms with van der Waals surface area (Å²) in [6.45, 7) is 5.92. The highest BCUT2D eigenvalue weighted by molar-refractivity contribution is 6.05. The molecule has 1 heterocycles. The van der Waals surface area contributed by atoms with Crippen molar-refractivity contribution in [2.45, 2.75) is 20.8 Å². The van der Waals surface area contributed by atoms with Crippen molar-refractivity contribution in [3.63, 3.8) is 0 Å². The number of aromatic nitrogens is 1. The monoisotopic (exact) mass is 361 g/mol. The molecule has 0 radical (unpaired) electrons. The van der Waals surface area contributed by atoms with Crippen molar-refractivity contribution in [1.29, 1.82) is 0 Å². The number of hydrogen-bond acceptors (Lipinski definition) is 2. The molecule has 136 valence electrons. The van der Waals surface area contributed by atoms with Gasteiger partial charge in [-0.3, -0.25) is 0 Å². The second kappa shape index (κ2) is 6.54. The number of carbonyl (C=O) groups is 1. The number of benzene rings is 3. The Hall–Kier alpha value is -3.14. The zero-order chi connectivity index (χ0) is 19.1. The fourth-order valence-corrected chi connectivity index (χ4v) is 3.66. The van der Waals surface area contributed by atoms with Crippen molar-refractivity contribution >= 4 is 27.6 Å². The normalized spacial score (nSPS) is 11.3. The molecule has 0 spiro atoms. The lowest BCUT2D eigenvalue weighted by Crippen LogP contribution is -2.08. The molecule has 0 saturated carbocycles. The first-order valence-corrected chi connectivity index (χ1v) is 8.98. The summed E-state index contributed by atoms with van der Waals surface area (Å²) in [5, 5.41) is 2.97. The van der Waals surface area contributed by atoms with E-state index in [1.165, 1.54) is 12.1 Å². The molecule has 0 bridgehead atoms. The minimum Gasteiger partial charge on any atom is -0.462 e. The average molecular weight is 361 g/mol. The Morgan fingerprint density at radius 3 is 2.52 bits per heavy atom. The average Bonchev–Trinajstić information content (AvgIpc) is 2.92. The molecule has 0 aliphatic carbocycles. The van der Waals surface area contributed by atoms with Gasteiger partial charge in [0.15, 0.2) is 0 Å². The first-order chi connectivity index (χ1) is 13.0. The Kier molecular flexibility index (Phi) is 4.19. The fourth-order valence-electron chi connectivity index (χ4n) is 3.66. The quantitative estimate of drug-likeness (QED) is 0.437. The maximum Gasteiger partial charge on any atom is 0.340 e. The van der Waals surface area contributed by atoms with Crippen molar-refractivity contribution in [1.82, 2.24) is 4.57 Å². The number of rotatable bonds is 3. The number of carbonyl (C=O) groups excluding carboxylic acids is 1. The SMILES string of the molecule is CCOC(=O)c1cc(F)cc2c(C)c(C)n(-c3ccc4ccccc4c3)c12. The number of esters is 1. The first kappa shape index (κ1) is 17.3. The summed E-state index contributed by atoms with van der Waals surface area (Å²) in [6, 6.07) is 17.0. The molecule has 1 aromatic heterocycles. The van der Waals surface area contributed by atoms with E-state index in [0.29, 0.717) is 5.52 Å². The van der Waals surface area contributed by atoms with Gasteiger partial charge in [-0.15, -0.1) is 0 Å². The van der Waals surface area contributed by atoms with Crippen LogP contribution in [-0.2, 0) is 4.74 Å². The fraction of sp³-hybridized carbons (Fsp3) is 0.174. The molecule has 0 aliphatic rings. The van der Waals surface area contributed by atoms with Crippen molar-refractivity contribution in [2.24, 2.45) is 0 Å². The summed E-state index contributed by atoms with van der Waals surface area (Å²) < 4.78 is 21.4. The molecule has 3 nitrogen and oxygen atoms in total. The van der Waals surface area contributed by atoms with Gasteiger partial charge in [0.2, 0.25) is 0 Å². The number of ether oxygens (including phenoxy) is 1. The standard InChI is InChI=1S/C23H20FNO2/c1-4-27-23(26)21-13-18(24)12-20-14(2)15(3)25(22(20)21)19-10-9-16-7-5-6-8-17(16)11-19/h5-13H,4H2,1-3H3. The molecular formula is C23H20FNO2. The number of fused-ring (bicyclic) bond motifs is 2. The maximum absolute atomic E-state index is 14.2. The minimum atomic E-state index is -0.512. The predicted octanol–water partition coefficient (Wildman–Crippen LogP) is 5.72. The van der Waals surface area contributed by atoms with Gasteiger partial charge in [-0.2, -0.15) is 0 Å². The summed E-state index contributed by atoms with van der Waals surface area (Å²) in [5.74, 6) is -0.953. The van der Waals surface area contributed by atoms with Crippen molar-refractivity contribution in [3.05, 3.63) is 77.2 Å². The van der Waals surface area contributed by atoms with Crippen LogP contribution in [0.2, 0.25) is 0 Å². The largest absolute Gasteiger partial charge is 0.462 e. The highest BCUT2D eigenvalue weighted by Gasteiger charge is 2.21. The van der Waals surface area contributed by atoms with Gasteiger partial charge in [0.25, 0.3) is 0 Å². The van der Waals surface area contributed by atoms with Crippen LogP contribution in [0.1, 0.15) is 28.5 Å². The lowest BCUT2D eigenvalue weighted by atomic mass is 10.1. The topological polar surface area (TPSA) is 31.2 Å². The van der Waals surface area contributed by atoms with Crippen LogP contribution in [-0.4, -0.2) is 17.1 Å². The van der Waals surface area contributed by atoms with Gasteiger partial charge in [-0.05, 0) is 61.4 Å². The minimum absolute atomic E-state index is 0.242. The van der Waals surface area contributed by atoms with Gasteiger partial charge in [0, 0.05) is 16.8 Å². The van der Waals surface area contributed by atoms with Crippen molar-refractivity contribution < 1.29 is 13.9 Å². The Balaban J connectivity index is 2.07. The maximum atomic E-state index is 14.2. The molecule has 4 aromatic rings. The molecule has 0 amide bonds. The summed E-state index contributed by atoms with van der Waals surface area (Å²) >= 11 is 0. The van der Waals surface area contributed by atoms with Crippen LogP contribution in [0, 0.1) is 19.7 Å². The van der Waals surface area contributed by atoms with Crippen LogP contribution in [0.5, 0.6) is 0 Å². The number of halogens is 1. The van der Waals surface area contributed by atoms with Crippen molar-refractivity contribution in [2.75, 3.05) is 6.61 Å². The van der Waals surface area contributed by atoms with Crippen molar-refractivity contribution in [3.8, 4) is 5.69 Å². The van der Waals surface area contributed by atoms with Crippen LogP contribution in [0.3, 0.4) is 0 Å². The smallest absolute Gasteiger partial charge is 0.340 e. The Morgan fingerprint density at radius 1 is 1.04 bits per heavy atom. The Bertz CT molecular complexity index is 1190. The third-order valence-corrected chi connectivity index (χ3v) is 5.07. The van der Waals surface area contributed by atoms with E-state index in [1.54, 1.807) is 6.92 Å². The summed E-state index contributed by atoms with van der Waals surface area (Å²) in [7, 11) is 0. The number of aryl methyl sites for hydroxylation is 1. The van der Waals surface area contributed by atoms with Crippen LogP contribution >= 0.6 is 0 Å². The van der Waals surface area contributed by atoms with Gasteiger partial charge >= 0.3 is 5.97 Å². The van der Waals surface area contributed by atoms with E-state index in [0.717, 1.165) is 33.1 Å². The van der Waals surface area contributed by atoms with E-state index < -0.39 is 11.8 Å². The molecule has 0 N–H and O–H groups in total. The van der Waals surface area contributed by atoms with E-state index in [1.807, 2.05) is 36.6 Å². The molecule has 0 aliphatic heterocycles. The van der Waals surface area contributed by atoms with Gasteiger partial charge in [0.1, 0.15) is 5.82 Å². The molecule has 27 heavy (non-hydrogen) atoms. The molecule has 0 saturated heterocycles. The molecule has 4 rings (SSSR count). The third kappa shape index (κ3) is 2.78. The van der Waals surface area contributed by atoms with Crippen LogP contribution in [0.15, 0.2) is 54.6 Å². The van der Waals surface area contributed by atoms with E-state index in [2.05, 4.69) is 24.3 Å². The molecule has 0 unspecified atom stereocenters. The van der Waals surface area contributed by atoms with E-state index in [-0.39, 0.29) is 12.2 Å². The van der Waals surface area contributed by atoms with E-state index in [4.69, 9.17) is 4.74 Å². The zero-order valence-corrected chi connectivity index (χ0v) is 15.5. The van der Waals surface area contributed by atoms with E-state index in [9.17, 15) is 9.18 Å². The van der Waals surface area contributed by atoms with Gasteiger partial charge in [-0.1, -0.05) is 30.3 Å². The summed E-state index contributed by atoms with van der Waals surface area (Å²) in [4.78, 5) is 12.5. The molecule has 3 aromatic carbocycles. The third-order valence-electron chi connectivity index (χ3n) is 5.07. The zero-order valence-electron chi connectivity index (χ0n) is 15.5. The molecular weight excluding hydrogens is 341 g/mol. The number of hydrogen-bond donors (Lipinski definition) is 0. The highest BCUT2D eigenvalue weighted by atomic mass is 19.1.